The molecule has 0 saturated carbocycles. The number of ether oxygens (including phenoxy) is 1. The van der Waals surface area contributed by atoms with Crippen molar-refractivity contribution in [3.8, 4) is 0 Å². The summed E-state index contributed by atoms with van der Waals surface area (Å²) in [5.74, 6) is -0.574. The fourth-order valence-corrected chi connectivity index (χ4v) is 3.49. The van der Waals surface area contributed by atoms with E-state index in [1.165, 1.54) is 7.11 Å². The normalized spacial score (nSPS) is 17.4. The van der Waals surface area contributed by atoms with E-state index in [-0.39, 0.29) is 11.9 Å². The van der Waals surface area contributed by atoms with E-state index in [0.29, 0.717) is 5.57 Å². The van der Waals surface area contributed by atoms with Crippen LogP contribution in [0.15, 0.2) is 70.1 Å². The number of dihydropyridines is 1. The van der Waals surface area contributed by atoms with Crippen molar-refractivity contribution < 1.29 is 9.53 Å². The minimum Gasteiger partial charge on any atom is -0.466 e. The van der Waals surface area contributed by atoms with Gasteiger partial charge in [-0.25, -0.2) is 4.79 Å². The molecule has 1 aromatic heterocycles. The Balaban J connectivity index is 2.23. The fraction of sp³-hybridized carbons (Fsp3) is 0.200. The molecule has 2 aromatic rings. The monoisotopic (exact) mass is 398 g/mol. The van der Waals surface area contributed by atoms with Gasteiger partial charge in [0.2, 0.25) is 0 Å². The minimum atomic E-state index is -0.334. The first-order chi connectivity index (χ1) is 12.0. The predicted molar refractivity (Wildman–Crippen MR) is 102 cm³/mol. The van der Waals surface area contributed by atoms with Gasteiger partial charge in [-0.3, -0.25) is 4.98 Å². The van der Waals surface area contributed by atoms with Gasteiger partial charge in [-0.1, -0.05) is 34.1 Å². The Bertz CT molecular complexity index is 855. The minimum absolute atomic E-state index is 0.239. The Labute approximate surface area is 155 Å². The third-order valence-corrected chi connectivity index (χ3v) is 4.84. The second kappa shape index (κ2) is 7.23. The lowest BCUT2D eigenvalue weighted by Gasteiger charge is -2.31. The Hall–Kier alpha value is -2.40. The second-order valence-electron chi connectivity index (χ2n) is 5.89. The predicted octanol–water partition coefficient (Wildman–Crippen LogP) is 4.41. The zero-order chi connectivity index (χ0) is 18.0. The molecule has 25 heavy (non-hydrogen) atoms. The van der Waals surface area contributed by atoms with Crippen LogP contribution in [0, 0.1) is 0 Å². The van der Waals surface area contributed by atoms with Gasteiger partial charge < -0.3 is 10.1 Å². The van der Waals surface area contributed by atoms with Crippen LogP contribution in [0.4, 0.5) is 0 Å². The zero-order valence-electron chi connectivity index (χ0n) is 14.3. The number of benzene rings is 1. The molecule has 2 heterocycles. The Morgan fingerprint density at radius 3 is 2.44 bits per heavy atom. The highest BCUT2D eigenvalue weighted by Gasteiger charge is 2.34. The van der Waals surface area contributed by atoms with E-state index in [2.05, 4.69) is 26.2 Å². The van der Waals surface area contributed by atoms with Crippen LogP contribution in [-0.2, 0) is 9.53 Å². The molecule has 0 radical (unpaired) electrons. The van der Waals surface area contributed by atoms with Gasteiger partial charge in [-0.05, 0) is 43.7 Å². The zero-order valence-corrected chi connectivity index (χ0v) is 15.9. The Morgan fingerprint density at radius 2 is 1.84 bits per heavy atom. The third-order valence-electron chi connectivity index (χ3n) is 4.31. The molecule has 1 unspecified atom stereocenters. The maximum Gasteiger partial charge on any atom is 0.336 e. The molecule has 1 aliphatic heterocycles. The summed E-state index contributed by atoms with van der Waals surface area (Å²) in [7, 11) is 1.41. The first-order valence-corrected chi connectivity index (χ1v) is 8.76. The van der Waals surface area contributed by atoms with Gasteiger partial charge >= 0.3 is 5.97 Å². The summed E-state index contributed by atoms with van der Waals surface area (Å²) in [6.07, 6.45) is 1.76. The van der Waals surface area contributed by atoms with Crippen molar-refractivity contribution in [3.05, 3.63) is 81.4 Å². The summed E-state index contributed by atoms with van der Waals surface area (Å²) in [4.78, 5) is 17.0. The number of nitrogens with one attached hydrogen (secondary N) is 1. The molecule has 0 bridgehead atoms. The van der Waals surface area contributed by atoms with E-state index < -0.39 is 0 Å². The van der Waals surface area contributed by atoms with Crippen molar-refractivity contribution in [1.82, 2.24) is 10.3 Å². The van der Waals surface area contributed by atoms with Crippen LogP contribution in [0.2, 0.25) is 0 Å². The highest BCUT2D eigenvalue weighted by molar-refractivity contribution is 9.10. The smallest absolute Gasteiger partial charge is 0.336 e. The molecule has 0 spiro atoms. The van der Waals surface area contributed by atoms with Gasteiger partial charge in [0.15, 0.2) is 0 Å². The summed E-state index contributed by atoms with van der Waals surface area (Å²) >= 11 is 3.47. The lowest BCUT2D eigenvalue weighted by atomic mass is 9.79. The van der Waals surface area contributed by atoms with Gasteiger partial charge in [0.05, 0.1) is 18.4 Å². The van der Waals surface area contributed by atoms with E-state index in [1.807, 2.05) is 56.3 Å². The molecule has 3 rings (SSSR count). The molecule has 128 valence electrons. The molecule has 0 saturated heterocycles. The Morgan fingerprint density at radius 1 is 1.12 bits per heavy atom. The molecule has 1 N–H and O–H groups in total. The lowest BCUT2D eigenvalue weighted by Crippen LogP contribution is -2.28. The summed E-state index contributed by atoms with van der Waals surface area (Å²) < 4.78 is 6.06. The topological polar surface area (TPSA) is 51.2 Å². The number of carbonyl (C=O) groups excluding carboxylic acids is 1. The molecule has 5 heteroatoms. The number of methoxy groups -OCH3 is 1. The van der Waals surface area contributed by atoms with Crippen molar-refractivity contribution in [2.24, 2.45) is 0 Å². The van der Waals surface area contributed by atoms with Gasteiger partial charge in [-0.15, -0.1) is 0 Å². The number of halogens is 1. The number of aromatic nitrogens is 1. The van der Waals surface area contributed by atoms with Crippen molar-refractivity contribution in [2.75, 3.05) is 7.11 Å². The van der Waals surface area contributed by atoms with Crippen LogP contribution in [0.5, 0.6) is 0 Å². The summed E-state index contributed by atoms with van der Waals surface area (Å²) in [6, 6.07) is 13.8. The van der Waals surface area contributed by atoms with Crippen LogP contribution < -0.4 is 5.32 Å². The van der Waals surface area contributed by atoms with Gasteiger partial charge in [0.1, 0.15) is 0 Å². The molecule has 1 aromatic carbocycles. The molecular weight excluding hydrogens is 380 g/mol. The number of pyridine rings is 1. The van der Waals surface area contributed by atoms with Crippen molar-refractivity contribution in [1.29, 1.82) is 0 Å². The maximum atomic E-state index is 12.5. The number of nitrogens with zero attached hydrogens (tertiary/aromatic N) is 1. The largest absolute Gasteiger partial charge is 0.466 e. The molecule has 0 fully saturated rings. The molecule has 4 nitrogen and oxygen atoms in total. The maximum absolute atomic E-state index is 12.5. The molecule has 0 amide bonds. The van der Waals surface area contributed by atoms with E-state index in [1.54, 1.807) is 6.20 Å². The van der Waals surface area contributed by atoms with E-state index in [4.69, 9.17) is 4.74 Å². The van der Waals surface area contributed by atoms with Gasteiger partial charge in [0.25, 0.3) is 0 Å². The summed E-state index contributed by atoms with van der Waals surface area (Å²) in [5, 5.41) is 3.31. The average molecular weight is 399 g/mol. The van der Waals surface area contributed by atoms with E-state index in [0.717, 1.165) is 32.7 Å². The second-order valence-corrected chi connectivity index (χ2v) is 6.81. The van der Waals surface area contributed by atoms with Crippen molar-refractivity contribution in [3.63, 3.8) is 0 Å². The number of rotatable bonds is 3. The Kier molecular flexibility index (Phi) is 5.04. The van der Waals surface area contributed by atoms with E-state index in [9.17, 15) is 4.79 Å². The van der Waals surface area contributed by atoms with Crippen LogP contribution in [0.25, 0.3) is 5.57 Å². The molecule has 1 aliphatic rings. The van der Waals surface area contributed by atoms with Gasteiger partial charge in [-0.2, -0.15) is 0 Å². The van der Waals surface area contributed by atoms with Crippen LogP contribution in [-0.4, -0.2) is 18.1 Å². The van der Waals surface area contributed by atoms with Crippen LogP contribution in [0.1, 0.15) is 31.0 Å². The van der Waals surface area contributed by atoms with Crippen LogP contribution in [0.3, 0.4) is 0 Å². The standard InChI is InChI=1S/C20H19BrN2O2/c1-12-17(16-6-4-5-11-22-16)19(14-7-9-15(21)10-8-14)18(13(2)23-12)20(24)25-3/h4-11,19,23H,1-3H3. The van der Waals surface area contributed by atoms with Crippen LogP contribution >= 0.6 is 15.9 Å². The van der Waals surface area contributed by atoms with E-state index >= 15 is 0 Å². The SMILES string of the molecule is COC(=O)C1=C(C)NC(C)=C(c2ccccn2)C1c1ccc(Br)cc1. The van der Waals surface area contributed by atoms with Crippen molar-refractivity contribution in [2.45, 2.75) is 19.8 Å². The molecule has 1 atom stereocenters. The lowest BCUT2D eigenvalue weighted by molar-refractivity contribution is -0.136. The summed E-state index contributed by atoms with van der Waals surface area (Å²) in [6.45, 7) is 3.91. The first kappa shape index (κ1) is 17.4. The number of hydrogen-bond acceptors (Lipinski definition) is 4. The highest BCUT2D eigenvalue weighted by Crippen LogP contribution is 2.43. The summed E-state index contributed by atoms with van der Waals surface area (Å²) in [5.41, 5.74) is 5.23. The molecular formula is C20H19BrN2O2. The quantitative estimate of drug-likeness (QED) is 0.777. The fourth-order valence-electron chi connectivity index (χ4n) is 3.22. The first-order valence-electron chi connectivity index (χ1n) is 7.96. The number of allylic oxidation sites excluding steroid dienone is 3. The number of esters is 1. The van der Waals surface area contributed by atoms with Gasteiger partial charge in [0, 0.05) is 33.6 Å². The molecule has 0 aliphatic carbocycles. The number of carbonyl (C=O) groups is 1. The van der Waals surface area contributed by atoms with Crippen molar-refractivity contribution >= 4 is 27.5 Å². The number of hydrogen-bond donors (Lipinski definition) is 1. The average Bonchev–Trinajstić information content (AvgIpc) is 2.62. The highest BCUT2D eigenvalue weighted by atomic mass is 79.9. The third kappa shape index (κ3) is 3.37.